The molecular formula is C16H28BrN3. The molecule has 1 aromatic heterocycles. The van der Waals surface area contributed by atoms with Crippen LogP contribution in [0.1, 0.15) is 57.3 Å². The molecule has 3 nitrogen and oxygen atoms in total. The maximum atomic E-state index is 4.65. The number of hydrogen-bond acceptors (Lipinski definition) is 2. The average Bonchev–Trinajstić information content (AvgIpc) is 3.00. The largest absolute Gasteiger partial charge is 0.316 e. The molecule has 1 N–H and O–H groups in total. The summed E-state index contributed by atoms with van der Waals surface area (Å²) in [6, 6.07) is 0. The van der Waals surface area contributed by atoms with Crippen LogP contribution in [0.15, 0.2) is 4.47 Å². The van der Waals surface area contributed by atoms with Crippen LogP contribution in [0.25, 0.3) is 0 Å². The van der Waals surface area contributed by atoms with E-state index in [1.807, 2.05) is 0 Å². The highest BCUT2D eigenvalue weighted by Gasteiger charge is 2.35. The number of halogens is 1. The monoisotopic (exact) mass is 341 g/mol. The zero-order valence-electron chi connectivity index (χ0n) is 13.1. The lowest BCUT2D eigenvalue weighted by molar-refractivity contribution is 0.270. The Labute approximate surface area is 131 Å². The average molecular weight is 342 g/mol. The van der Waals surface area contributed by atoms with E-state index in [4.69, 9.17) is 0 Å². The molecule has 0 atom stereocenters. The molecule has 114 valence electrons. The van der Waals surface area contributed by atoms with E-state index in [0.29, 0.717) is 5.41 Å². The van der Waals surface area contributed by atoms with Crippen molar-refractivity contribution in [3.63, 3.8) is 0 Å². The summed E-state index contributed by atoms with van der Waals surface area (Å²) in [6.07, 6.45) is 7.83. The summed E-state index contributed by atoms with van der Waals surface area (Å²) in [6.45, 7) is 9.76. The number of aromatic nitrogens is 2. The van der Waals surface area contributed by atoms with Crippen LogP contribution in [0.3, 0.4) is 0 Å². The molecule has 0 saturated heterocycles. The lowest BCUT2D eigenvalue weighted by Gasteiger charge is -2.30. The van der Waals surface area contributed by atoms with E-state index in [1.165, 1.54) is 42.3 Å². The molecule has 1 aromatic rings. The number of aryl methyl sites for hydroxylation is 2. The summed E-state index contributed by atoms with van der Waals surface area (Å²) >= 11 is 3.75. The van der Waals surface area contributed by atoms with Crippen LogP contribution in [-0.2, 0) is 13.0 Å². The Morgan fingerprint density at radius 1 is 1.30 bits per heavy atom. The minimum absolute atomic E-state index is 0.442. The van der Waals surface area contributed by atoms with Crippen molar-refractivity contribution in [2.45, 2.75) is 65.8 Å². The Balaban J connectivity index is 2.15. The van der Waals surface area contributed by atoms with Gasteiger partial charge in [0.05, 0.1) is 15.9 Å². The molecule has 1 fully saturated rings. The van der Waals surface area contributed by atoms with Gasteiger partial charge in [-0.3, -0.25) is 4.68 Å². The second-order valence-electron chi connectivity index (χ2n) is 6.22. The zero-order valence-corrected chi connectivity index (χ0v) is 14.7. The van der Waals surface area contributed by atoms with Crippen LogP contribution in [0, 0.1) is 12.3 Å². The van der Waals surface area contributed by atoms with Crippen LogP contribution in [0.2, 0.25) is 0 Å². The molecule has 0 unspecified atom stereocenters. The van der Waals surface area contributed by atoms with Crippen molar-refractivity contribution in [1.82, 2.24) is 15.1 Å². The fourth-order valence-corrected chi connectivity index (χ4v) is 3.89. The molecular weight excluding hydrogens is 314 g/mol. The molecule has 1 aliphatic rings. The van der Waals surface area contributed by atoms with E-state index in [-0.39, 0.29) is 0 Å². The normalized spacial score (nSPS) is 17.8. The van der Waals surface area contributed by atoms with Crippen LogP contribution >= 0.6 is 15.9 Å². The Hall–Kier alpha value is -0.350. The first-order chi connectivity index (χ1) is 9.62. The standard InChI is InChI=1S/C16H28BrN3/c1-4-10-18-12-16(8-6-7-9-16)11-14-15(17)13(3)19-20(14)5-2/h18H,4-12H2,1-3H3. The van der Waals surface area contributed by atoms with Gasteiger partial charge >= 0.3 is 0 Å². The quantitative estimate of drug-likeness (QED) is 0.757. The lowest BCUT2D eigenvalue weighted by Crippen LogP contribution is -2.35. The Morgan fingerprint density at radius 2 is 2.00 bits per heavy atom. The van der Waals surface area contributed by atoms with Crippen molar-refractivity contribution in [1.29, 1.82) is 0 Å². The van der Waals surface area contributed by atoms with Crippen molar-refractivity contribution in [3.05, 3.63) is 15.9 Å². The molecule has 0 bridgehead atoms. The van der Waals surface area contributed by atoms with E-state index >= 15 is 0 Å². The van der Waals surface area contributed by atoms with Crippen LogP contribution in [0.4, 0.5) is 0 Å². The van der Waals surface area contributed by atoms with Crippen molar-refractivity contribution in [2.75, 3.05) is 13.1 Å². The first-order valence-corrected chi connectivity index (χ1v) is 8.83. The summed E-state index contributed by atoms with van der Waals surface area (Å²) in [7, 11) is 0. The minimum Gasteiger partial charge on any atom is -0.316 e. The van der Waals surface area contributed by atoms with Gasteiger partial charge in [0, 0.05) is 13.1 Å². The van der Waals surface area contributed by atoms with Crippen LogP contribution < -0.4 is 5.32 Å². The molecule has 1 heterocycles. The predicted molar refractivity (Wildman–Crippen MR) is 88.1 cm³/mol. The van der Waals surface area contributed by atoms with Gasteiger partial charge in [0.1, 0.15) is 0 Å². The van der Waals surface area contributed by atoms with Crippen molar-refractivity contribution < 1.29 is 0 Å². The van der Waals surface area contributed by atoms with Gasteiger partial charge in [0.2, 0.25) is 0 Å². The molecule has 4 heteroatoms. The topological polar surface area (TPSA) is 29.9 Å². The van der Waals surface area contributed by atoms with E-state index in [2.05, 4.69) is 51.8 Å². The summed E-state index contributed by atoms with van der Waals surface area (Å²) in [4.78, 5) is 0. The maximum absolute atomic E-state index is 4.65. The summed E-state index contributed by atoms with van der Waals surface area (Å²) in [5.41, 5.74) is 2.96. The van der Waals surface area contributed by atoms with Crippen LogP contribution in [-0.4, -0.2) is 22.9 Å². The fourth-order valence-electron chi connectivity index (χ4n) is 3.46. The molecule has 0 radical (unpaired) electrons. The second-order valence-corrected chi connectivity index (χ2v) is 7.02. The minimum atomic E-state index is 0.442. The van der Waals surface area contributed by atoms with E-state index in [9.17, 15) is 0 Å². The summed E-state index contributed by atoms with van der Waals surface area (Å²) in [5.74, 6) is 0. The van der Waals surface area contributed by atoms with Gasteiger partial charge in [0.15, 0.2) is 0 Å². The molecule has 0 aromatic carbocycles. The van der Waals surface area contributed by atoms with Crippen molar-refractivity contribution >= 4 is 15.9 Å². The molecule has 0 spiro atoms. The smallest absolute Gasteiger partial charge is 0.0738 e. The highest BCUT2D eigenvalue weighted by molar-refractivity contribution is 9.10. The van der Waals surface area contributed by atoms with Crippen molar-refractivity contribution in [2.24, 2.45) is 5.41 Å². The van der Waals surface area contributed by atoms with Gasteiger partial charge in [-0.2, -0.15) is 5.10 Å². The van der Waals surface area contributed by atoms with Gasteiger partial charge in [-0.25, -0.2) is 0 Å². The summed E-state index contributed by atoms with van der Waals surface area (Å²) in [5, 5.41) is 8.30. The third kappa shape index (κ3) is 3.45. The number of nitrogens with zero attached hydrogens (tertiary/aromatic N) is 2. The predicted octanol–water partition coefficient (Wildman–Crippen LogP) is 4.08. The highest BCUT2D eigenvalue weighted by atomic mass is 79.9. The van der Waals surface area contributed by atoms with Crippen molar-refractivity contribution in [3.8, 4) is 0 Å². The van der Waals surface area contributed by atoms with Gasteiger partial charge in [-0.15, -0.1) is 0 Å². The van der Waals surface area contributed by atoms with E-state index in [0.717, 1.165) is 31.7 Å². The fraction of sp³-hybridized carbons (Fsp3) is 0.812. The van der Waals surface area contributed by atoms with Gasteiger partial charge in [-0.05, 0) is 67.4 Å². The van der Waals surface area contributed by atoms with Gasteiger partial charge in [-0.1, -0.05) is 19.8 Å². The molecule has 2 rings (SSSR count). The molecule has 0 aliphatic heterocycles. The number of nitrogens with one attached hydrogen (secondary N) is 1. The first kappa shape index (κ1) is 16.0. The molecule has 1 saturated carbocycles. The SMILES string of the molecule is CCCNCC1(Cc2c(Br)c(C)nn2CC)CCCC1. The highest BCUT2D eigenvalue weighted by Crippen LogP contribution is 2.42. The zero-order chi connectivity index (χ0) is 14.6. The van der Waals surface area contributed by atoms with E-state index < -0.39 is 0 Å². The molecule has 1 aliphatic carbocycles. The third-order valence-electron chi connectivity index (χ3n) is 4.59. The first-order valence-electron chi connectivity index (χ1n) is 8.04. The number of hydrogen-bond donors (Lipinski definition) is 1. The van der Waals surface area contributed by atoms with Crippen LogP contribution in [0.5, 0.6) is 0 Å². The molecule has 20 heavy (non-hydrogen) atoms. The summed E-state index contributed by atoms with van der Waals surface area (Å²) < 4.78 is 3.40. The van der Waals surface area contributed by atoms with Gasteiger partial charge < -0.3 is 5.32 Å². The Morgan fingerprint density at radius 3 is 2.60 bits per heavy atom. The molecule has 0 amide bonds. The second kappa shape index (κ2) is 7.08. The lowest BCUT2D eigenvalue weighted by atomic mass is 9.81. The maximum Gasteiger partial charge on any atom is 0.0738 e. The Bertz CT molecular complexity index is 433. The van der Waals surface area contributed by atoms with Gasteiger partial charge in [0.25, 0.3) is 0 Å². The Kier molecular flexibility index (Phi) is 5.67. The number of rotatable bonds is 7. The third-order valence-corrected chi connectivity index (χ3v) is 5.62. The van der Waals surface area contributed by atoms with E-state index in [1.54, 1.807) is 0 Å².